The van der Waals surface area contributed by atoms with Crippen molar-refractivity contribution < 1.29 is 4.39 Å². The highest BCUT2D eigenvalue weighted by molar-refractivity contribution is 5.60. The molecule has 0 spiro atoms. The van der Waals surface area contributed by atoms with E-state index in [1.165, 1.54) is 17.2 Å². The molecule has 0 fully saturated rings. The van der Waals surface area contributed by atoms with Crippen molar-refractivity contribution in [2.24, 2.45) is 0 Å². The van der Waals surface area contributed by atoms with Crippen LogP contribution in [0.1, 0.15) is 22.4 Å². The van der Waals surface area contributed by atoms with Crippen LogP contribution >= 0.6 is 0 Å². The lowest BCUT2D eigenvalue weighted by molar-refractivity contribution is 0.204. The number of pyridine rings is 1. The lowest BCUT2D eigenvalue weighted by Gasteiger charge is -2.28. The molecule has 128 valence electrons. The predicted octanol–water partition coefficient (Wildman–Crippen LogP) is 3.72. The van der Waals surface area contributed by atoms with Crippen molar-refractivity contribution in [3.63, 3.8) is 0 Å². The summed E-state index contributed by atoms with van der Waals surface area (Å²) >= 11 is 0. The lowest BCUT2D eigenvalue weighted by atomic mass is 10.1. The number of fused-ring (bicyclic) bond motifs is 1. The topological polar surface area (TPSA) is 34.0 Å². The molecular weight excluding hydrogens is 315 g/mol. The van der Waals surface area contributed by atoms with Gasteiger partial charge in [0.05, 0.1) is 12.2 Å². The molecule has 4 rings (SSSR count). The first-order chi connectivity index (χ1) is 12.1. The van der Waals surface area contributed by atoms with Crippen LogP contribution in [0.4, 0.5) is 4.39 Å². The van der Waals surface area contributed by atoms with Crippen molar-refractivity contribution in [3.8, 4) is 11.4 Å². The van der Waals surface area contributed by atoms with Crippen molar-refractivity contribution in [2.45, 2.75) is 33.5 Å². The summed E-state index contributed by atoms with van der Waals surface area (Å²) in [5.74, 6) is -0.322. The lowest BCUT2D eigenvalue weighted by Crippen LogP contribution is -2.33. The Labute approximate surface area is 146 Å². The Morgan fingerprint density at radius 1 is 1.04 bits per heavy atom. The fourth-order valence-electron chi connectivity index (χ4n) is 3.37. The van der Waals surface area contributed by atoms with Gasteiger partial charge in [-0.3, -0.25) is 14.6 Å². The van der Waals surface area contributed by atoms with Gasteiger partial charge < -0.3 is 0 Å². The quantitative estimate of drug-likeness (QED) is 0.731. The zero-order chi connectivity index (χ0) is 17.4. The number of nitrogens with zero attached hydrogens (tertiary/aromatic N) is 4. The molecule has 0 N–H and O–H groups in total. The van der Waals surface area contributed by atoms with Gasteiger partial charge in [0.1, 0.15) is 11.4 Å². The highest BCUT2D eigenvalue weighted by Crippen LogP contribution is 2.28. The van der Waals surface area contributed by atoms with Crippen LogP contribution in [0.3, 0.4) is 0 Å². The summed E-state index contributed by atoms with van der Waals surface area (Å²) in [5, 5.41) is 4.62. The molecule has 25 heavy (non-hydrogen) atoms. The Morgan fingerprint density at radius 2 is 1.84 bits per heavy atom. The minimum absolute atomic E-state index is 0.322. The summed E-state index contributed by atoms with van der Waals surface area (Å²) < 4.78 is 16.1. The molecule has 0 saturated heterocycles. The highest BCUT2D eigenvalue weighted by Gasteiger charge is 2.24. The molecule has 3 heterocycles. The predicted molar refractivity (Wildman–Crippen MR) is 95.4 cm³/mol. The smallest absolute Gasteiger partial charge is 0.151 e. The Bertz CT molecular complexity index is 899. The van der Waals surface area contributed by atoms with Crippen molar-refractivity contribution in [2.75, 3.05) is 6.54 Å². The average Bonchev–Trinajstić information content (AvgIpc) is 2.94. The number of aromatic nitrogens is 3. The summed E-state index contributed by atoms with van der Waals surface area (Å²) in [6, 6.07) is 11.7. The first-order valence-corrected chi connectivity index (χ1v) is 8.57. The van der Waals surface area contributed by atoms with Crippen molar-refractivity contribution in [1.82, 2.24) is 19.7 Å². The molecule has 3 aromatic rings. The maximum absolute atomic E-state index is 14.1. The normalized spacial score (nSPS) is 14.5. The van der Waals surface area contributed by atoms with Gasteiger partial charge in [0.15, 0.2) is 5.82 Å². The van der Waals surface area contributed by atoms with Gasteiger partial charge in [-0.1, -0.05) is 29.8 Å². The van der Waals surface area contributed by atoms with Gasteiger partial charge in [-0.2, -0.15) is 5.10 Å². The maximum Gasteiger partial charge on any atom is 0.151 e. The van der Waals surface area contributed by atoms with Crippen LogP contribution in [0.5, 0.6) is 0 Å². The molecule has 1 aromatic carbocycles. The summed E-state index contributed by atoms with van der Waals surface area (Å²) in [6.07, 6.45) is 1.61. The molecule has 0 unspecified atom stereocenters. The van der Waals surface area contributed by atoms with Gasteiger partial charge in [-0.15, -0.1) is 0 Å². The van der Waals surface area contributed by atoms with Crippen LogP contribution in [-0.4, -0.2) is 26.2 Å². The van der Waals surface area contributed by atoms with Crippen molar-refractivity contribution in [3.05, 3.63) is 70.8 Å². The van der Waals surface area contributed by atoms with Gasteiger partial charge in [0, 0.05) is 31.4 Å². The first kappa shape index (κ1) is 16.0. The monoisotopic (exact) mass is 336 g/mol. The summed E-state index contributed by atoms with van der Waals surface area (Å²) in [5.41, 5.74) is 5.76. The first-order valence-electron chi connectivity index (χ1n) is 8.57. The molecule has 1 aliphatic rings. The van der Waals surface area contributed by atoms with Crippen molar-refractivity contribution >= 4 is 0 Å². The molecular formula is C20H21FN4. The average molecular weight is 336 g/mol. The van der Waals surface area contributed by atoms with E-state index in [9.17, 15) is 4.39 Å². The van der Waals surface area contributed by atoms with Crippen LogP contribution in [-0.2, 0) is 19.6 Å². The summed E-state index contributed by atoms with van der Waals surface area (Å²) in [4.78, 5) is 6.59. The second-order valence-electron chi connectivity index (χ2n) is 6.67. The second-order valence-corrected chi connectivity index (χ2v) is 6.67. The van der Waals surface area contributed by atoms with Crippen molar-refractivity contribution in [1.29, 1.82) is 0 Å². The largest absolute Gasteiger partial charge is 0.291 e. The van der Waals surface area contributed by atoms with Gasteiger partial charge >= 0.3 is 0 Å². The van der Waals surface area contributed by atoms with E-state index in [0.29, 0.717) is 11.4 Å². The number of aryl methyl sites for hydroxylation is 1. The Balaban J connectivity index is 1.59. The minimum Gasteiger partial charge on any atom is -0.291 e. The van der Waals surface area contributed by atoms with E-state index in [1.807, 2.05) is 11.6 Å². The molecule has 0 aliphatic carbocycles. The standard InChI is InChI=1S/C20H21FN4/c1-14-5-7-16(8-6-14)12-24-10-11-25-18(13-24)15(2)19(23-25)20-17(21)4-3-9-22-20/h3-9H,10-13H2,1-2H3. The number of rotatable bonds is 3. The highest BCUT2D eigenvalue weighted by atomic mass is 19.1. The number of halogens is 1. The van der Waals surface area contributed by atoms with E-state index in [2.05, 4.69) is 46.2 Å². The molecule has 0 saturated carbocycles. The zero-order valence-corrected chi connectivity index (χ0v) is 14.5. The maximum atomic E-state index is 14.1. The third-order valence-electron chi connectivity index (χ3n) is 4.83. The van der Waals surface area contributed by atoms with Crippen LogP contribution in [0.2, 0.25) is 0 Å². The van der Waals surface area contributed by atoms with E-state index >= 15 is 0 Å². The molecule has 0 bridgehead atoms. The molecule has 5 heteroatoms. The number of hydrogen-bond acceptors (Lipinski definition) is 3. The number of hydrogen-bond donors (Lipinski definition) is 0. The fraction of sp³-hybridized carbons (Fsp3) is 0.300. The van der Waals surface area contributed by atoms with E-state index in [4.69, 9.17) is 0 Å². The molecule has 4 nitrogen and oxygen atoms in total. The molecule has 0 radical (unpaired) electrons. The number of benzene rings is 1. The van der Waals surface area contributed by atoms with Crippen LogP contribution in [0.25, 0.3) is 11.4 Å². The van der Waals surface area contributed by atoms with E-state index in [-0.39, 0.29) is 5.82 Å². The molecule has 2 aromatic heterocycles. The molecule has 1 aliphatic heterocycles. The summed E-state index contributed by atoms with van der Waals surface area (Å²) in [6.45, 7) is 7.60. The SMILES string of the molecule is Cc1ccc(CN2CCn3nc(-c4ncccc4F)c(C)c3C2)cc1. The van der Waals surface area contributed by atoms with Gasteiger partial charge in [0.25, 0.3) is 0 Å². The van der Waals surface area contributed by atoms with Gasteiger partial charge in [0.2, 0.25) is 0 Å². The van der Waals surface area contributed by atoms with Crippen LogP contribution in [0.15, 0.2) is 42.6 Å². The van der Waals surface area contributed by atoms with Gasteiger partial charge in [-0.05, 0) is 31.5 Å². The zero-order valence-electron chi connectivity index (χ0n) is 14.5. The third-order valence-corrected chi connectivity index (χ3v) is 4.83. The molecule has 0 atom stereocenters. The van der Waals surface area contributed by atoms with Crippen LogP contribution < -0.4 is 0 Å². The fourth-order valence-corrected chi connectivity index (χ4v) is 3.37. The Kier molecular flexibility index (Phi) is 4.09. The Morgan fingerprint density at radius 3 is 2.60 bits per heavy atom. The van der Waals surface area contributed by atoms with E-state index < -0.39 is 0 Å². The van der Waals surface area contributed by atoms with Gasteiger partial charge in [-0.25, -0.2) is 4.39 Å². The minimum atomic E-state index is -0.322. The second kappa shape index (κ2) is 6.41. The molecule has 0 amide bonds. The summed E-state index contributed by atoms with van der Waals surface area (Å²) in [7, 11) is 0. The van der Waals surface area contributed by atoms with E-state index in [1.54, 1.807) is 12.3 Å². The van der Waals surface area contributed by atoms with Crippen LogP contribution in [0, 0.1) is 19.7 Å². The van der Waals surface area contributed by atoms with E-state index in [0.717, 1.165) is 37.4 Å². The third kappa shape index (κ3) is 3.07. The Hall–Kier alpha value is -2.53.